The SMILES string of the molecule is CO[SiH](OC)C(C)CCCC(=O)O. The van der Waals surface area contributed by atoms with Crippen LogP contribution >= 0.6 is 0 Å². The lowest BCUT2D eigenvalue weighted by Crippen LogP contribution is -2.24. The quantitative estimate of drug-likeness (QED) is 0.635. The Bertz CT molecular complexity index is 147. The lowest BCUT2D eigenvalue weighted by molar-refractivity contribution is -0.137. The second kappa shape index (κ2) is 7.05. The predicted molar refractivity (Wildman–Crippen MR) is 52.1 cm³/mol. The molecule has 0 aliphatic heterocycles. The summed E-state index contributed by atoms with van der Waals surface area (Å²) >= 11 is 0. The average molecular weight is 206 g/mol. The monoisotopic (exact) mass is 206 g/mol. The summed E-state index contributed by atoms with van der Waals surface area (Å²) in [6, 6.07) is 0. The average Bonchev–Trinajstić information content (AvgIpc) is 2.05. The highest BCUT2D eigenvalue weighted by atomic mass is 28.3. The molecule has 0 fully saturated rings. The zero-order chi connectivity index (χ0) is 10.3. The first-order valence-corrected chi connectivity index (χ1v) is 6.00. The van der Waals surface area contributed by atoms with Gasteiger partial charge < -0.3 is 14.0 Å². The Kier molecular flexibility index (Phi) is 6.84. The van der Waals surface area contributed by atoms with Crippen LogP contribution in [0.5, 0.6) is 0 Å². The second-order valence-electron chi connectivity index (χ2n) is 3.10. The van der Waals surface area contributed by atoms with Crippen molar-refractivity contribution >= 4 is 15.3 Å². The van der Waals surface area contributed by atoms with Crippen LogP contribution in [0.1, 0.15) is 26.2 Å². The van der Waals surface area contributed by atoms with Gasteiger partial charge >= 0.3 is 15.3 Å². The maximum atomic E-state index is 10.2. The molecular weight excluding hydrogens is 188 g/mol. The number of rotatable bonds is 7. The number of hydrogen-bond acceptors (Lipinski definition) is 3. The van der Waals surface area contributed by atoms with Gasteiger partial charge in [0, 0.05) is 20.6 Å². The first-order chi connectivity index (χ1) is 6.11. The molecular formula is C8H18O4Si. The fraction of sp³-hybridized carbons (Fsp3) is 0.875. The van der Waals surface area contributed by atoms with Gasteiger partial charge in [0.15, 0.2) is 0 Å². The molecule has 0 saturated heterocycles. The molecule has 0 saturated carbocycles. The molecule has 0 radical (unpaired) electrons. The Morgan fingerprint density at radius 2 is 2.00 bits per heavy atom. The van der Waals surface area contributed by atoms with Gasteiger partial charge in [0.25, 0.3) is 0 Å². The topological polar surface area (TPSA) is 55.8 Å². The molecule has 1 unspecified atom stereocenters. The summed E-state index contributed by atoms with van der Waals surface area (Å²) < 4.78 is 10.4. The maximum absolute atomic E-state index is 10.2. The lowest BCUT2D eigenvalue weighted by atomic mass is 10.2. The Morgan fingerprint density at radius 3 is 2.38 bits per heavy atom. The van der Waals surface area contributed by atoms with Gasteiger partial charge in [-0.25, -0.2) is 0 Å². The van der Waals surface area contributed by atoms with E-state index in [1.165, 1.54) is 0 Å². The molecule has 0 aromatic carbocycles. The normalized spacial score (nSPS) is 13.2. The van der Waals surface area contributed by atoms with Gasteiger partial charge in [-0.3, -0.25) is 4.79 Å². The molecule has 0 bridgehead atoms. The van der Waals surface area contributed by atoms with E-state index in [9.17, 15) is 4.79 Å². The molecule has 0 aromatic heterocycles. The standard InChI is InChI=1S/C8H18O4Si/c1-7(13(11-2)12-3)5-4-6-8(9)10/h7,13H,4-6H2,1-3H3,(H,9,10). The molecule has 0 amide bonds. The molecule has 4 nitrogen and oxygen atoms in total. The molecule has 5 heteroatoms. The molecule has 1 atom stereocenters. The smallest absolute Gasteiger partial charge is 0.323 e. The summed E-state index contributed by atoms with van der Waals surface area (Å²) in [7, 11) is 1.75. The Morgan fingerprint density at radius 1 is 1.46 bits per heavy atom. The molecule has 0 aromatic rings. The number of carboxylic acid groups (broad SMARTS) is 1. The van der Waals surface area contributed by atoms with Crippen LogP contribution < -0.4 is 0 Å². The van der Waals surface area contributed by atoms with E-state index in [2.05, 4.69) is 0 Å². The largest absolute Gasteiger partial charge is 0.481 e. The zero-order valence-corrected chi connectivity index (χ0v) is 9.60. The third-order valence-corrected chi connectivity index (χ3v) is 4.17. The predicted octanol–water partition coefficient (Wildman–Crippen LogP) is 1.14. The molecule has 0 aliphatic rings. The number of hydrogen-bond donors (Lipinski definition) is 1. The van der Waals surface area contributed by atoms with E-state index < -0.39 is 15.3 Å². The number of carbonyl (C=O) groups is 1. The van der Waals surface area contributed by atoms with E-state index in [0.29, 0.717) is 12.0 Å². The van der Waals surface area contributed by atoms with Gasteiger partial charge in [-0.2, -0.15) is 0 Å². The number of carboxylic acids is 1. The minimum atomic E-state index is -1.54. The van der Waals surface area contributed by atoms with Crippen LogP contribution in [0.3, 0.4) is 0 Å². The van der Waals surface area contributed by atoms with Crippen molar-refractivity contribution in [3.05, 3.63) is 0 Å². The lowest BCUT2D eigenvalue weighted by Gasteiger charge is -2.17. The van der Waals surface area contributed by atoms with E-state index in [4.69, 9.17) is 14.0 Å². The van der Waals surface area contributed by atoms with E-state index in [1.807, 2.05) is 6.92 Å². The highest BCUT2D eigenvalue weighted by molar-refractivity contribution is 6.46. The molecule has 13 heavy (non-hydrogen) atoms. The Balaban J connectivity index is 3.59. The Hall–Kier alpha value is -0.393. The molecule has 0 heterocycles. The van der Waals surface area contributed by atoms with Crippen LogP contribution in [-0.2, 0) is 13.6 Å². The van der Waals surface area contributed by atoms with Crippen LogP contribution in [0.15, 0.2) is 0 Å². The van der Waals surface area contributed by atoms with Crippen molar-refractivity contribution in [1.82, 2.24) is 0 Å². The van der Waals surface area contributed by atoms with Gasteiger partial charge in [0.1, 0.15) is 0 Å². The van der Waals surface area contributed by atoms with E-state index in [1.54, 1.807) is 14.2 Å². The van der Waals surface area contributed by atoms with Crippen molar-refractivity contribution in [1.29, 1.82) is 0 Å². The maximum Gasteiger partial charge on any atom is 0.323 e. The van der Waals surface area contributed by atoms with Gasteiger partial charge in [-0.05, 0) is 18.4 Å². The van der Waals surface area contributed by atoms with Crippen molar-refractivity contribution < 1.29 is 18.8 Å². The molecule has 0 rings (SSSR count). The van der Waals surface area contributed by atoms with Crippen LogP contribution in [0.2, 0.25) is 5.54 Å². The summed E-state index contributed by atoms with van der Waals surface area (Å²) in [5, 5.41) is 8.43. The molecule has 0 spiro atoms. The van der Waals surface area contributed by atoms with E-state index in [-0.39, 0.29) is 6.42 Å². The van der Waals surface area contributed by atoms with Crippen molar-refractivity contribution in [2.75, 3.05) is 14.2 Å². The van der Waals surface area contributed by atoms with Gasteiger partial charge in [-0.1, -0.05) is 6.92 Å². The summed E-state index contributed by atoms with van der Waals surface area (Å²) in [4.78, 5) is 10.2. The van der Waals surface area contributed by atoms with Crippen LogP contribution in [0.25, 0.3) is 0 Å². The number of aliphatic carboxylic acids is 1. The van der Waals surface area contributed by atoms with Crippen molar-refractivity contribution in [2.24, 2.45) is 0 Å². The van der Waals surface area contributed by atoms with Crippen molar-refractivity contribution in [2.45, 2.75) is 31.7 Å². The van der Waals surface area contributed by atoms with E-state index in [0.717, 1.165) is 6.42 Å². The first-order valence-electron chi connectivity index (χ1n) is 4.39. The van der Waals surface area contributed by atoms with E-state index >= 15 is 0 Å². The molecule has 1 N–H and O–H groups in total. The third-order valence-electron chi connectivity index (χ3n) is 1.98. The van der Waals surface area contributed by atoms with Crippen molar-refractivity contribution in [3.63, 3.8) is 0 Å². The summed E-state index contributed by atoms with van der Waals surface area (Å²) in [5.74, 6) is -0.736. The highest BCUT2D eigenvalue weighted by Crippen LogP contribution is 2.18. The van der Waals surface area contributed by atoms with Gasteiger partial charge in [0.2, 0.25) is 0 Å². The summed E-state index contributed by atoms with van der Waals surface area (Å²) in [5.41, 5.74) is 0.370. The summed E-state index contributed by atoms with van der Waals surface area (Å²) in [6.07, 6.45) is 1.80. The van der Waals surface area contributed by atoms with Gasteiger partial charge in [0.05, 0.1) is 0 Å². The Labute approximate surface area is 80.7 Å². The third kappa shape index (κ3) is 5.79. The van der Waals surface area contributed by atoms with Crippen molar-refractivity contribution in [3.8, 4) is 0 Å². The fourth-order valence-electron chi connectivity index (χ4n) is 1.27. The van der Waals surface area contributed by atoms with Crippen LogP contribution in [0, 0.1) is 0 Å². The summed E-state index contributed by atoms with van der Waals surface area (Å²) in [6.45, 7) is 2.05. The van der Waals surface area contributed by atoms with Gasteiger partial charge in [-0.15, -0.1) is 0 Å². The highest BCUT2D eigenvalue weighted by Gasteiger charge is 2.19. The minimum absolute atomic E-state index is 0.235. The fourth-order valence-corrected chi connectivity index (χ4v) is 2.90. The first kappa shape index (κ1) is 12.6. The second-order valence-corrected chi connectivity index (χ2v) is 5.92. The zero-order valence-electron chi connectivity index (χ0n) is 8.45. The van der Waals surface area contributed by atoms with Crippen LogP contribution in [0.4, 0.5) is 0 Å². The molecule has 0 aliphatic carbocycles. The van der Waals surface area contributed by atoms with Crippen LogP contribution in [-0.4, -0.2) is 34.6 Å². The minimum Gasteiger partial charge on any atom is -0.481 e. The molecule has 78 valence electrons.